The van der Waals surface area contributed by atoms with Crippen LogP contribution in [0.1, 0.15) is 38.8 Å². The molecule has 0 aliphatic carbocycles. The largest absolute Gasteiger partial charge is 0.490 e. The van der Waals surface area contributed by atoms with Gasteiger partial charge in [-0.05, 0) is 67.4 Å². The third-order valence-electron chi connectivity index (χ3n) is 4.39. The van der Waals surface area contributed by atoms with E-state index in [1.807, 2.05) is 26.0 Å². The number of carbonyl (C=O) groups excluding carboxylic acids is 2. The van der Waals surface area contributed by atoms with Crippen molar-refractivity contribution in [2.75, 3.05) is 6.61 Å². The number of amides is 1. The number of ether oxygens (including phenoxy) is 2. The van der Waals surface area contributed by atoms with Gasteiger partial charge >= 0.3 is 5.97 Å². The van der Waals surface area contributed by atoms with Gasteiger partial charge in [-0.2, -0.15) is 5.10 Å². The maximum atomic E-state index is 12.5. The molecule has 3 rings (SSSR count). The summed E-state index contributed by atoms with van der Waals surface area (Å²) >= 11 is 11.9. The second kappa shape index (κ2) is 10.8. The molecule has 0 spiro atoms. The second-order valence-corrected chi connectivity index (χ2v) is 7.49. The first kappa shape index (κ1) is 23.3. The van der Waals surface area contributed by atoms with Crippen LogP contribution in [-0.4, -0.2) is 24.7 Å². The highest BCUT2D eigenvalue weighted by atomic mass is 35.5. The first-order valence-electron chi connectivity index (χ1n) is 9.72. The van der Waals surface area contributed by atoms with Crippen LogP contribution >= 0.6 is 23.2 Å². The Morgan fingerprint density at radius 2 is 1.78 bits per heavy atom. The van der Waals surface area contributed by atoms with Gasteiger partial charge in [0.05, 0.1) is 28.4 Å². The number of hydrazone groups is 1. The average molecular weight is 471 g/mol. The van der Waals surface area contributed by atoms with Crippen LogP contribution in [0.2, 0.25) is 10.0 Å². The Labute approximate surface area is 195 Å². The van der Waals surface area contributed by atoms with Gasteiger partial charge in [0.1, 0.15) is 0 Å². The van der Waals surface area contributed by atoms with E-state index in [1.165, 1.54) is 24.4 Å². The normalized spacial score (nSPS) is 10.8. The fourth-order valence-corrected chi connectivity index (χ4v) is 3.09. The fraction of sp³-hybridized carbons (Fsp3) is 0.125. The zero-order valence-corrected chi connectivity index (χ0v) is 18.9. The fourth-order valence-electron chi connectivity index (χ4n) is 2.79. The van der Waals surface area contributed by atoms with Gasteiger partial charge in [0, 0.05) is 5.56 Å². The third kappa shape index (κ3) is 5.87. The number of nitrogens with zero attached hydrogens (tertiary/aromatic N) is 1. The van der Waals surface area contributed by atoms with E-state index in [4.69, 9.17) is 32.7 Å². The molecular weight excluding hydrogens is 451 g/mol. The van der Waals surface area contributed by atoms with Gasteiger partial charge in [0.25, 0.3) is 5.91 Å². The number of esters is 1. The maximum absolute atomic E-state index is 12.5. The Bertz CT molecular complexity index is 1180. The number of aryl methyl sites for hydroxylation is 1. The molecule has 3 aromatic carbocycles. The quantitative estimate of drug-likeness (QED) is 0.208. The summed E-state index contributed by atoms with van der Waals surface area (Å²) in [6.45, 7) is 4.03. The molecule has 0 aliphatic rings. The summed E-state index contributed by atoms with van der Waals surface area (Å²) in [6, 6.07) is 16.6. The molecule has 1 N–H and O–H groups in total. The predicted octanol–water partition coefficient (Wildman–Crippen LogP) is 5.68. The van der Waals surface area contributed by atoms with E-state index in [0.717, 1.165) is 5.56 Å². The summed E-state index contributed by atoms with van der Waals surface area (Å²) in [7, 11) is 0. The second-order valence-electron chi connectivity index (χ2n) is 6.67. The van der Waals surface area contributed by atoms with Crippen molar-refractivity contribution in [1.29, 1.82) is 0 Å². The van der Waals surface area contributed by atoms with E-state index in [9.17, 15) is 9.59 Å². The maximum Gasteiger partial charge on any atom is 0.343 e. The highest BCUT2D eigenvalue weighted by molar-refractivity contribution is 6.42. The van der Waals surface area contributed by atoms with Crippen molar-refractivity contribution < 1.29 is 19.1 Å². The first-order chi connectivity index (χ1) is 15.4. The molecule has 164 valence electrons. The molecule has 0 atom stereocenters. The van der Waals surface area contributed by atoms with Crippen molar-refractivity contribution in [1.82, 2.24) is 5.43 Å². The van der Waals surface area contributed by atoms with Gasteiger partial charge in [0.2, 0.25) is 0 Å². The van der Waals surface area contributed by atoms with Crippen molar-refractivity contribution >= 4 is 41.3 Å². The van der Waals surface area contributed by atoms with Gasteiger partial charge in [-0.3, -0.25) is 4.79 Å². The summed E-state index contributed by atoms with van der Waals surface area (Å²) in [5.74, 6) is -0.313. The van der Waals surface area contributed by atoms with Crippen molar-refractivity contribution in [3.63, 3.8) is 0 Å². The smallest absolute Gasteiger partial charge is 0.343 e. The average Bonchev–Trinajstić information content (AvgIpc) is 2.77. The van der Waals surface area contributed by atoms with Gasteiger partial charge in [-0.1, -0.05) is 41.4 Å². The molecule has 0 heterocycles. The van der Waals surface area contributed by atoms with Gasteiger partial charge in [0.15, 0.2) is 11.5 Å². The first-order valence-corrected chi connectivity index (χ1v) is 10.5. The van der Waals surface area contributed by atoms with Crippen LogP contribution in [0.25, 0.3) is 0 Å². The van der Waals surface area contributed by atoms with Crippen molar-refractivity contribution in [2.45, 2.75) is 13.8 Å². The van der Waals surface area contributed by atoms with Crippen LogP contribution in [0.15, 0.2) is 65.8 Å². The molecular formula is C24H20Cl2N2O4. The van der Waals surface area contributed by atoms with Gasteiger partial charge < -0.3 is 9.47 Å². The zero-order chi connectivity index (χ0) is 23.1. The SMILES string of the molecule is CCOc1cc(/C=N/NC(=O)c2ccccc2C)ccc1OC(=O)c1ccc(Cl)c(Cl)c1. The molecule has 0 radical (unpaired) electrons. The Kier molecular flexibility index (Phi) is 7.87. The number of carbonyl (C=O) groups is 2. The molecule has 6 nitrogen and oxygen atoms in total. The Balaban J connectivity index is 1.73. The standard InChI is InChI=1S/C24H20Cl2N2O4/c1-3-31-22-12-16(14-27-28-23(29)18-7-5-4-6-15(18)2)8-11-21(22)32-24(30)17-9-10-19(25)20(26)13-17/h4-14H,3H2,1-2H3,(H,28,29)/b27-14+. The van der Waals surface area contributed by atoms with Crippen molar-refractivity contribution in [2.24, 2.45) is 5.10 Å². The zero-order valence-electron chi connectivity index (χ0n) is 17.4. The predicted molar refractivity (Wildman–Crippen MR) is 125 cm³/mol. The minimum absolute atomic E-state index is 0.240. The molecule has 8 heteroatoms. The van der Waals surface area contributed by atoms with Crippen LogP contribution < -0.4 is 14.9 Å². The lowest BCUT2D eigenvalue weighted by molar-refractivity contribution is 0.0728. The van der Waals surface area contributed by atoms with E-state index < -0.39 is 5.97 Å². The van der Waals surface area contributed by atoms with Crippen LogP contribution in [-0.2, 0) is 0 Å². The lowest BCUT2D eigenvalue weighted by Crippen LogP contribution is -2.18. The van der Waals surface area contributed by atoms with Crippen LogP contribution in [0.3, 0.4) is 0 Å². The number of nitrogens with one attached hydrogen (secondary N) is 1. The van der Waals surface area contributed by atoms with E-state index in [2.05, 4.69) is 10.5 Å². The molecule has 1 amide bonds. The molecule has 3 aromatic rings. The van der Waals surface area contributed by atoms with Crippen molar-refractivity contribution in [3.05, 3.63) is 93.0 Å². The highest BCUT2D eigenvalue weighted by Gasteiger charge is 2.14. The number of benzene rings is 3. The molecule has 0 aliphatic heterocycles. The van der Waals surface area contributed by atoms with Crippen molar-refractivity contribution in [3.8, 4) is 11.5 Å². The summed E-state index contributed by atoms with van der Waals surface area (Å²) in [5.41, 5.74) is 4.80. The molecule has 32 heavy (non-hydrogen) atoms. The Morgan fingerprint density at radius 1 is 1.00 bits per heavy atom. The third-order valence-corrected chi connectivity index (χ3v) is 5.13. The minimum atomic E-state index is -0.601. The van der Waals surface area contributed by atoms with Crippen LogP contribution in [0.5, 0.6) is 11.5 Å². The van der Waals surface area contributed by atoms with Crippen LogP contribution in [0, 0.1) is 6.92 Å². The molecule has 0 unspecified atom stereocenters. The number of rotatable bonds is 7. The number of hydrogen-bond acceptors (Lipinski definition) is 5. The lowest BCUT2D eigenvalue weighted by atomic mass is 10.1. The summed E-state index contributed by atoms with van der Waals surface area (Å²) < 4.78 is 11.1. The minimum Gasteiger partial charge on any atom is -0.490 e. The molecule has 0 saturated heterocycles. The highest BCUT2D eigenvalue weighted by Crippen LogP contribution is 2.30. The summed E-state index contributed by atoms with van der Waals surface area (Å²) in [4.78, 5) is 24.7. The number of halogens is 2. The monoisotopic (exact) mass is 470 g/mol. The molecule has 0 saturated carbocycles. The molecule has 0 bridgehead atoms. The van der Waals surface area contributed by atoms with E-state index in [-0.39, 0.29) is 22.2 Å². The Hall–Kier alpha value is -3.35. The number of hydrogen-bond donors (Lipinski definition) is 1. The summed E-state index contributed by atoms with van der Waals surface area (Å²) in [6.07, 6.45) is 1.48. The lowest BCUT2D eigenvalue weighted by Gasteiger charge is -2.11. The molecule has 0 aromatic heterocycles. The van der Waals surface area contributed by atoms with E-state index in [1.54, 1.807) is 30.3 Å². The van der Waals surface area contributed by atoms with E-state index in [0.29, 0.717) is 28.5 Å². The Morgan fingerprint density at radius 3 is 2.50 bits per heavy atom. The van der Waals surface area contributed by atoms with E-state index >= 15 is 0 Å². The summed E-state index contributed by atoms with van der Waals surface area (Å²) in [5, 5.41) is 4.60. The van der Waals surface area contributed by atoms with Crippen LogP contribution in [0.4, 0.5) is 0 Å². The van der Waals surface area contributed by atoms with Gasteiger partial charge in [-0.15, -0.1) is 0 Å². The topological polar surface area (TPSA) is 77.0 Å². The molecule has 0 fully saturated rings. The van der Waals surface area contributed by atoms with Gasteiger partial charge in [-0.25, -0.2) is 10.2 Å².